The van der Waals surface area contributed by atoms with E-state index in [9.17, 15) is 22.8 Å². The molecule has 0 saturated carbocycles. The molecule has 0 rings (SSSR count). The number of nitrogens with one attached hydrogen (secondary N) is 1. The summed E-state index contributed by atoms with van der Waals surface area (Å²) in [5.41, 5.74) is 0. The molecule has 0 aromatic carbocycles. The van der Waals surface area contributed by atoms with Gasteiger partial charge < -0.3 is 15.3 Å². The standard InChI is InChI=1S/C9H15F3N2O3/c1-6(3-13-2)8(17)14(4-7(15)16)5-9(10,11)12/h6,13H,3-5H2,1-2H3,(H,15,16). The van der Waals surface area contributed by atoms with Gasteiger partial charge >= 0.3 is 12.1 Å². The number of alkyl halides is 3. The molecule has 0 radical (unpaired) electrons. The molecule has 0 heterocycles. The van der Waals surface area contributed by atoms with Crippen LogP contribution in [0.4, 0.5) is 13.2 Å². The van der Waals surface area contributed by atoms with Crippen LogP contribution in [0, 0.1) is 5.92 Å². The SMILES string of the molecule is CNCC(C)C(=O)N(CC(=O)O)CC(F)(F)F. The monoisotopic (exact) mass is 256 g/mol. The summed E-state index contributed by atoms with van der Waals surface area (Å²) in [5.74, 6) is -3.01. The Bertz CT molecular complexity index is 281. The molecular formula is C9H15F3N2O3. The van der Waals surface area contributed by atoms with Crippen molar-refractivity contribution in [3.05, 3.63) is 0 Å². The number of rotatable bonds is 6. The Morgan fingerprint density at radius 3 is 2.29 bits per heavy atom. The van der Waals surface area contributed by atoms with E-state index in [1.807, 2.05) is 0 Å². The Balaban J connectivity index is 4.67. The van der Waals surface area contributed by atoms with Crippen LogP contribution < -0.4 is 5.32 Å². The number of nitrogens with zero attached hydrogens (tertiary/aromatic N) is 1. The average molecular weight is 256 g/mol. The second-order valence-corrected chi connectivity index (χ2v) is 3.66. The smallest absolute Gasteiger partial charge is 0.406 e. The van der Waals surface area contributed by atoms with Crippen LogP contribution in [0.15, 0.2) is 0 Å². The van der Waals surface area contributed by atoms with Gasteiger partial charge in [0.05, 0.1) is 0 Å². The first-order valence-electron chi connectivity index (χ1n) is 4.89. The lowest BCUT2D eigenvalue weighted by Crippen LogP contribution is -2.45. The lowest BCUT2D eigenvalue weighted by atomic mass is 10.1. The fourth-order valence-electron chi connectivity index (χ4n) is 1.30. The first-order chi connectivity index (χ1) is 7.67. The number of hydrogen-bond acceptors (Lipinski definition) is 3. The van der Waals surface area contributed by atoms with Crippen molar-refractivity contribution >= 4 is 11.9 Å². The molecule has 0 aromatic heterocycles. The molecule has 0 fully saturated rings. The fourth-order valence-corrected chi connectivity index (χ4v) is 1.30. The molecule has 1 atom stereocenters. The number of amides is 1. The van der Waals surface area contributed by atoms with Gasteiger partial charge in [-0.25, -0.2) is 0 Å². The van der Waals surface area contributed by atoms with Gasteiger partial charge in [-0.1, -0.05) is 6.92 Å². The summed E-state index contributed by atoms with van der Waals surface area (Å²) in [4.78, 5) is 22.3. The minimum Gasteiger partial charge on any atom is -0.480 e. The van der Waals surface area contributed by atoms with Gasteiger partial charge in [0.15, 0.2) is 0 Å². The number of halogens is 3. The molecule has 0 aliphatic rings. The van der Waals surface area contributed by atoms with Crippen LogP contribution in [0.3, 0.4) is 0 Å². The third-order valence-electron chi connectivity index (χ3n) is 1.94. The quantitative estimate of drug-likeness (QED) is 0.718. The Morgan fingerprint density at radius 1 is 1.41 bits per heavy atom. The van der Waals surface area contributed by atoms with Crippen LogP contribution in [0.1, 0.15) is 6.92 Å². The van der Waals surface area contributed by atoms with E-state index in [1.165, 1.54) is 6.92 Å². The molecule has 1 amide bonds. The summed E-state index contributed by atoms with van der Waals surface area (Å²) in [7, 11) is 1.55. The predicted molar refractivity (Wildman–Crippen MR) is 53.4 cm³/mol. The number of carboxylic acids is 1. The normalized spacial score (nSPS) is 13.2. The first kappa shape index (κ1) is 15.7. The summed E-state index contributed by atoms with van der Waals surface area (Å²) in [6, 6.07) is 0. The summed E-state index contributed by atoms with van der Waals surface area (Å²) < 4.78 is 36.5. The van der Waals surface area contributed by atoms with Crippen LogP contribution in [0.25, 0.3) is 0 Å². The third kappa shape index (κ3) is 6.77. The zero-order valence-electron chi connectivity index (χ0n) is 9.54. The maximum atomic E-state index is 12.2. The number of aliphatic carboxylic acids is 1. The van der Waals surface area contributed by atoms with Gasteiger partial charge in [0.2, 0.25) is 5.91 Å². The van der Waals surface area contributed by atoms with Crippen LogP contribution in [-0.2, 0) is 9.59 Å². The lowest BCUT2D eigenvalue weighted by molar-refractivity contribution is -0.167. The van der Waals surface area contributed by atoms with Gasteiger partial charge in [0.1, 0.15) is 13.1 Å². The van der Waals surface area contributed by atoms with E-state index in [4.69, 9.17) is 5.11 Å². The van der Waals surface area contributed by atoms with Crippen LogP contribution in [0.2, 0.25) is 0 Å². The molecule has 0 spiro atoms. The van der Waals surface area contributed by atoms with Gasteiger partial charge in [-0.3, -0.25) is 9.59 Å². The molecular weight excluding hydrogens is 241 g/mol. The molecule has 100 valence electrons. The third-order valence-corrected chi connectivity index (χ3v) is 1.94. The summed E-state index contributed by atoms with van der Waals surface area (Å²) in [6.07, 6.45) is -4.61. The second kappa shape index (κ2) is 6.43. The highest BCUT2D eigenvalue weighted by atomic mass is 19.4. The molecule has 0 aliphatic carbocycles. The highest BCUT2D eigenvalue weighted by Crippen LogP contribution is 2.17. The van der Waals surface area contributed by atoms with Gasteiger partial charge in [-0.05, 0) is 7.05 Å². The van der Waals surface area contributed by atoms with E-state index in [1.54, 1.807) is 7.05 Å². The summed E-state index contributed by atoms with van der Waals surface area (Å²) >= 11 is 0. The van der Waals surface area contributed by atoms with Crippen molar-refractivity contribution in [2.75, 3.05) is 26.7 Å². The maximum Gasteiger partial charge on any atom is 0.406 e. The van der Waals surface area contributed by atoms with Gasteiger partial charge in [-0.2, -0.15) is 13.2 Å². The van der Waals surface area contributed by atoms with E-state index in [2.05, 4.69) is 5.32 Å². The zero-order valence-corrected chi connectivity index (χ0v) is 9.54. The van der Waals surface area contributed by atoms with Gasteiger partial charge in [-0.15, -0.1) is 0 Å². The molecule has 5 nitrogen and oxygen atoms in total. The topological polar surface area (TPSA) is 69.6 Å². The number of hydrogen-bond donors (Lipinski definition) is 2. The zero-order chi connectivity index (χ0) is 13.6. The molecule has 8 heteroatoms. The van der Waals surface area contributed by atoms with Gasteiger partial charge in [0.25, 0.3) is 0 Å². The van der Waals surface area contributed by atoms with Crippen LogP contribution in [0.5, 0.6) is 0 Å². The molecule has 0 aromatic rings. The van der Waals surface area contributed by atoms with Crippen molar-refractivity contribution in [1.29, 1.82) is 0 Å². The summed E-state index contributed by atoms with van der Waals surface area (Å²) in [6.45, 7) is -0.880. The van der Waals surface area contributed by atoms with E-state index in [0.29, 0.717) is 4.90 Å². The second-order valence-electron chi connectivity index (χ2n) is 3.66. The van der Waals surface area contributed by atoms with Crippen molar-refractivity contribution in [3.8, 4) is 0 Å². The number of carboxylic acid groups (broad SMARTS) is 1. The fraction of sp³-hybridized carbons (Fsp3) is 0.778. The van der Waals surface area contributed by atoms with E-state index in [0.717, 1.165) is 0 Å². The van der Waals surface area contributed by atoms with Crippen LogP contribution >= 0.6 is 0 Å². The van der Waals surface area contributed by atoms with Gasteiger partial charge in [0, 0.05) is 12.5 Å². The minimum absolute atomic E-state index is 0.187. The van der Waals surface area contributed by atoms with Crippen molar-refractivity contribution < 1.29 is 27.9 Å². The number of carbonyl (C=O) groups is 2. The Morgan fingerprint density at radius 2 is 1.94 bits per heavy atom. The van der Waals surface area contributed by atoms with Crippen molar-refractivity contribution in [2.45, 2.75) is 13.1 Å². The highest BCUT2D eigenvalue weighted by molar-refractivity contribution is 5.83. The molecule has 0 aliphatic heterocycles. The van der Waals surface area contributed by atoms with Crippen molar-refractivity contribution in [3.63, 3.8) is 0 Å². The van der Waals surface area contributed by atoms with E-state index >= 15 is 0 Å². The van der Waals surface area contributed by atoms with E-state index < -0.39 is 37.1 Å². The first-order valence-corrected chi connectivity index (χ1v) is 4.89. The molecule has 1 unspecified atom stereocenters. The van der Waals surface area contributed by atoms with Crippen molar-refractivity contribution in [2.24, 2.45) is 5.92 Å². The largest absolute Gasteiger partial charge is 0.480 e. The molecule has 0 bridgehead atoms. The molecule has 0 saturated heterocycles. The lowest BCUT2D eigenvalue weighted by Gasteiger charge is -2.25. The Kier molecular flexibility index (Phi) is 5.94. The minimum atomic E-state index is -4.61. The number of carbonyl (C=O) groups excluding carboxylic acids is 1. The van der Waals surface area contributed by atoms with Crippen LogP contribution in [-0.4, -0.2) is 54.7 Å². The predicted octanol–water partition coefficient (Wildman–Crippen LogP) is 0.317. The molecule has 2 N–H and O–H groups in total. The summed E-state index contributed by atoms with van der Waals surface area (Å²) in [5, 5.41) is 11.1. The Labute approximate surface area is 96.6 Å². The van der Waals surface area contributed by atoms with Crippen molar-refractivity contribution in [1.82, 2.24) is 10.2 Å². The Hall–Kier alpha value is -1.31. The maximum absolute atomic E-state index is 12.2. The average Bonchev–Trinajstić information content (AvgIpc) is 2.13. The molecule has 17 heavy (non-hydrogen) atoms. The highest BCUT2D eigenvalue weighted by Gasteiger charge is 2.35. The van der Waals surface area contributed by atoms with E-state index in [-0.39, 0.29) is 6.54 Å².